The minimum Gasteiger partial charge on any atom is -0.388 e. The van der Waals surface area contributed by atoms with Crippen LogP contribution in [-0.4, -0.2) is 5.11 Å². The average Bonchev–Trinajstić information content (AvgIpc) is 2.30. The van der Waals surface area contributed by atoms with Crippen molar-refractivity contribution in [3.05, 3.63) is 33.8 Å². The molecule has 0 spiro atoms. The Morgan fingerprint density at radius 3 is 3.00 bits per heavy atom. The number of aliphatic hydroxyl groups excluding tert-OH is 1. The summed E-state index contributed by atoms with van der Waals surface area (Å²) in [6, 6.07) is 6.09. The Hall–Kier alpha value is -0.340. The Morgan fingerprint density at radius 2 is 2.15 bits per heavy atom. The van der Waals surface area contributed by atoms with Crippen molar-refractivity contribution >= 4 is 15.9 Å². The lowest BCUT2D eigenvalue weighted by Crippen LogP contribution is -1.98. The van der Waals surface area contributed by atoms with E-state index >= 15 is 0 Å². The molecule has 0 fully saturated rings. The molecule has 0 radical (unpaired) electrons. The molecule has 1 aromatic carbocycles. The molecule has 1 unspecified atom stereocenters. The summed E-state index contributed by atoms with van der Waals surface area (Å²) in [5.74, 6) is 0. The van der Waals surface area contributed by atoms with Gasteiger partial charge in [0.05, 0.1) is 6.10 Å². The predicted octanol–water partition coefficient (Wildman–Crippen LogP) is 3.21. The van der Waals surface area contributed by atoms with Gasteiger partial charge in [-0.2, -0.15) is 0 Å². The van der Waals surface area contributed by atoms with Gasteiger partial charge in [0.15, 0.2) is 0 Å². The summed E-state index contributed by atoms with van der Waals surface area (Å²) in [4.78, 5) is 0. The van der Waals surface area contributed by atoms with Gasteiger partial charge in [-0.05, 0) is 36.5 Å². The molecule has 0 saturated carbocycles. The highest BCUT2D eigenvalue weighted by Crippen LogP contribution is 2.32. The Morgan fingerprint density at radius 1 is 1.31 bits per heavy atom. The van der Waals surface area contributed by atoms with Gasteiger partial charge in [0.1, 0.15) is 0 Å². The summed E-state index contributed by atoms with van der Waals surface area (Å²) in [5, 5.41) is 9.84. The van der Waals surface area contributed by atoms with Crippen LogP contribution in [0, 0.1) is 0 Å². The van der Waals surface area contributed by atoms with E-state index in [1.165, 1.54) is 12.0 Å². The van der Waals surface area contributed by atoms with Crippen molar-refractivity contribution in [2.75, 3.05) is 0 Å². The topological polar surface area (TPSA) is 20.2 Å². The van der Waals surface area contributed by atoms with Gasteiger partial charge < -0.3 is 5.11 Å². The third kappa shape index (κ3) is 1.79. The number of halogens is 1. The molecule has 0 heterocycles. The maximum Gasteiger partial charge on any atom is 0.0793 e. The van der Waals surface area contributed by atoms with E-state index in [1.807, 2.05) is 12.1 Å². The zero-order valence-corrected chi connectivity index (χ0v) is 9.05. The van der Waals surface area contributed by atoms with Crippen LogP contribution in [0.5, 0.6) is 0 Å². The SMILES string of the molecule is OC1CCCCc2c(Br)cccc21. The molecule has 0 aliphatic heterocycles. The second-order valence-electron chi connectivity index (χ2n) is 3.57. The number of fused-ring (bicyclic) bond motifs is 1. The molecule has 1 N–H and O–H groups in total. The first-order valence-corrected chi connectivity index (χ1v) is 5.53. The van der Waals surface area contributed by atoms with Gasteiger partial charge in [-0.15, -0.1) is 0 Å². The molecule has 2 heteroatoms. The second-order valence-corrected chi connectivity index (χ2v) is 4.42. The van der Waals surface area contributed by atoms with Gasteiger partial charge in [-0.25, -0.2) is 0 Å². The van der Waals surface area contributed by atoms with Gasteiger partial charge >= 0.3 is 0 Å². The van der Waals surface area contributed by atoms with Crippen LogP contribution in [-0.2, 0) is 6.42 Å². The molecule has 1 aliphatic carbocycles. The first kappa shape index (κ1) is 9.22. The molecule has 1 nitrogen and oxygen atoms in total. The molecule has 70 valence electrons. The maximum absolute atomic E-state index is 9.84. The van der Waals surface area contributed by atoms with Gasteiger partial charge in [0, 0.05) is 4.47 Å². The number of aliphatic hydroxyl groups is 1. The standard InChI is InChI=1S/C11H13BrO/c12-10-6-3-5-9-8(10)4-1-2-7-11(9)13/h3,5-6,11,13H,1-2,4,7H2. The number of benzene rings is 1. The Bertz CT molecular complexity index is 309. The fraction of sp³-hybridized carbons (Fsp3) is 0.455. The van der Waals surface area contributed by atoms with Gasteiger partial charge in [0.25, 0.3) is 0 Å². The van der Waals surface area contributed by atoms with Gasteiger partial charge in [0.2, 0.25) is 0 Å². The molecule has 13 heavy (non-hydrogen) atoms. The van der Waals surface area contributed by atoms with E-state index in [0.717, 1.165) is 29.3 Å². The zero-order valence-electron chi connectivity index (χ0n) is 7.46. The van der Waals surface area contributed by atoms with Crippen LogP contribution in [0.15, 0.2) is 22.7 Å². The van der Waals surface area contributed by atoms with Crippen LogP contribution in [0.4, 0.5) is 0 Å². The van der Waals surface area contributed by atoms with Gasteiger partial charge in [-0.1, -0.05) is 34.5 Å². The predicted molar refractivity (Wildman–Crippen MR) is 56.7 cm³/mol. The Labute approximate surface area is 86.9 Å². The minimum absolute atomic E-state index is 0.255. The van der Waals surface area contributed by atoms with Crippen molar-refractivity contribution in [2.24, 2.45) is 0 Å². The smallest absolute Gasteiger partial charge is 0.0793 e. The lowest BCUT2D eigenvalue weighted by atomic mass is 10.0. The first-order chi connectivity index (χ1) is 6.29. The normalized spacial score (nSPS) is 22.2. The molecule has 0 amide bonds. The van der Waals surface area contributed by atoms with E-state index in [-0.39, 0.29) is 6.10 Å². The highest BCUT2D eigenvalue weighted by atomic mass is 79.9. The molecular weight excluding hydrogens is 228 g/mol. The lowest BCUT2D eigenvalue weighted by Gasteiger charge is -2.12. The number of rotatable bonds is 0. The van der Waals surface area contributed by atoms with Crippen LogP contribution in [0.3, 0.4) is 0 Å². The molecule has 2 rings (SSSR count). The Balaban J connectivity index is 2.47. The average molecular weight is 241 g/mol. The molecule has 1 atom stereocenters. The van der Waals surface area contributed by atoms with Crippen LogP contribution in [0.1, 0.15) is 36.5 Å². The maximum atomic E-state index is 9.84. The van der Waals surface area contributed by atoms with E-state index in [4.69, 9.17) is 0 Å². The summed E-state index contributed by atoms with van der Waals surface area (Å²) < 4.78 is 1.14. The van der Waals surface area contributed by atoms with Crippen molar-refractivity contribution in [3.8, 4) is 0 Å². The van der Waals surface area contributed by atoms with Crippen molar-refractivity contribution in [3.63, 3.8) is 0 Å². The first-order valence-electron chi connectivity index (χ1n) is 4.74. The third-order valence-corrected chi connectivity index (χ3v) is 3.41. The van der Waals surface area contributed by atoms with Crippen LogP contribution in [0.25, 0.3) is 0 Å². The Kier molecular flexibility index (Phi) is 2.70. The summed E-state index contributed by atoms with van der Waals surface area (Å²) in [6.07, 6.45) is 4.06. The molecule has 1 aromatic rings. The largest absolute Gasteiger partial charge is 0.388 e. The van der Waals surface area contributed by atoms with Crippen molar-refractivity contribution in [2.45, 2.75) is 31.8 Å². The highest BCUT2D eigenvalue weighted by molar-refractivity contribution is 9.10. The quantitative estimate of drug-likeness (QED) is 0.691. The van der Waals surface area contributed by atoms with E-state index < -0.39 is 0 Å². The monoisotopic (exact) mass is 240 g/mol. The molecule has 0 bridgehead atoms. The molecule has 0 saturated heterocycles. The van der Waals surface area contributed by atoms with E-state index in [2.05, 4.69) is 22.0 Å². The summed E-state index contributed by atoms with van der Waals surface area (Å²) >= 11 is 3.53. The highest BCUT2D eigenvalue weighted by Gasteiger charge is 2.17. The molecular formula is C11H13BrO. The number of hydrogen-bond acceptors (Lipinski definition) is 1. The van der Waals surface area contributed by atoms with E-state index in [0.29, 0.717) is 0 Å². The summed E-state index contributed by atoms with van der Waals surface area (Å²) in [7, 11) is 0. The van der Waals surface area contributed by atoms with Crippen molar-refractivity contribution in [1.82, 2.24) is 0 Å². The molecule has 0 aromatic heterocycles. The summed E-state index contributed by atoms with van der Waals surface area (Å²) in [6.45, 7) is 0. The van der Waals surface area contributed by atoms with E-state index in [1.54, 1.807) is 0 Å². The fourth-order valence-corrected chi connectivity index (χ4v) is 2.53. The summed E-state index contributed by atoms with van der Waals surface area (Å²) in [5.41, 5.74) is 2.42. The van der Waals surface area contributed by atoms with Gasteiger partial charge in [-0.3, -0.25) is 0 Å². The minimum atomic E-state index is -0.255. The lowest BCUT2D eigenvalue weighted by molar-refractivity contribution is 0.166. The van der Waals surface area contributed by atoms with E-state index in [9.17, 15) is 5.11 Å². The van der Waals surface area contributed by atoms with Crippen LogP contribution < -0.4 is 0 Å². The van der Waals surface area contributed by atoms with Crippen molar-refractivity contribution in [1.29, 1.82) is 0 Å². The van der Waals surface area contributed by atoms with Crippen LogP contribution >= 0.6 is 15.9 Å². The van der Waals surface area contributed by atoms with Crippen molar-refractivity contribution < 1.29 is 5.11 Å². The van der Waals surface area contributed by atoms with Crippen LogP contribution in [0.2, 0.25) is 0 Å². The fourth-order valence-electron chi connectivity index (χ4n) is 1.95. The third-order valence-electron chi connectivity index (χ3n) is 2.67. The molecule has 1 aliphatic rings. The second kappa shape index (κ2) is 3.81. The number of hydrogen-bond donors (Lipinski definition) is 1. The zero-order chi connectivity index (χ0) is 9.26.